The number of aromatic carboxylic acids is 1. The van der Waals surface area contributed by atoms with E-state index in [9.17, 15) is 22.7 Å². The van der Waals surface area contributed by atoms with Crippen LogP contribution in [0.5, 0.6) is 0 Å². The second-order valence-electron chi connectivity index (χ2n) is 6.63. The Morgan fingerprint density at radius 3 is 2.59 bits per heavy atom. The molecule has 1 aliphatic heterocycles. The van der Waals surface area contributed by atoms with Gasteiger partial charge in [0.25, 0.3) is 0 Å². The first-order valence-corrected chi connectivity index (χ1v) is 10.1. The van der Waals surface area contributed by atoms with Gasteiger partial charge in [-0.15, -0.1) is 0 Å². The van der Waals surface area contributed by atoms with Crippen LogP contribution in [0.3, 0.4) is 0 Å². The van der Waals surface area contributed by atoms with Crippen molar-refractivity contribution in [1.82, 2.24) is 14.8 Å². The maximum atomic E-state index is 13.2. The summed E-state index contributed by atoms with van der Waals surface area (Å²) in [6.45, 7) is 1.65. The Kier molecular flexibility index (Phi) is 3.99. The van der Waals surface area contributed by atoms with E-state index in [4.69, 9.17) is 0 Å². The van der Waals surface area contributed by atoms with Gasteiger partial charge in [-0.2, -0.15) is 5.10 Å². The van der Waals surface area contributed by atoms with Crippen molar-refractivity contribution in [3.05, 3.63) is 47.4 Å². The molecule has 0 bridgehead atoms. The summed E-state index contributed by atoms with van der Waals surface area (Å²) in [5, 5.41) is 16.4. The van der Waals surface area contributed by atoms with E-state index in [2.05, 4.69) is 10.1 Å². The number of benzene rings is 1. The van der Waals surface area contributed by atoms with Crippen LogP contribution in [-0.2, 0) is 9.84 Å². The van der Waals surface area contributed by atoms with Crippen LogP contribution in [-0.4, -0.2) is 40.7 Å². The van der Waals surface area contributed by atoms with E-state index in [1.807, 2.05) is 0 Å². The van der Waals surface area contributed by atoms with Gasteiger partial charge in [0.2, 0.25) is 0 Å². The van der Waals surface area contributed by atoms with Gasteiger partial charge in [-0.3, -0.25) is 0 Å². The number of halogens is 1. The van der Waals surface area contributed by atoms with E-state index in [0.29, 0.717) is 28.8 Å². The zero-order valence-electron chi connectivity index (χ0n) is 14.3. The van der Waals surface area contributed by atoms with Crippen molar-refractivity contribution in [3.63, 3.8) is 0 Å². The highest BCUT2D eigenvalue weighted by Crippen LogP contribution is 2.31. The Bertz CT molecular complexity index is 1170. The zero-order valence-corrected chi connectivity index (χ0v) is 15.2. The number of carboxylic acid groups (broad SMARTS) is 1. The Morgan fingerprint density at radius 2 is 2.00 bits per heavy atom. The molecule has 0 aliphatic carbocycles. The molecule has 4 rings (SSSR count). The summed E-state index contributed by atoms with van der Waals surface area (Å²) >= 11 is 0. The van der Waals surface area contributed by atoms with Gasteiger partial charge in [0.05, 0.1) is 40.3 Å². The molecule has 0 saturated carbocycles. The fraction of sp³-hybridized carbons (Fsp3) is 0.278. The molecular weight excluding hydrogens is 373 g/mol. The maximum absolute atomic E-state index is 13.2. The largest absolute Gasteiger partial charge is 0.545 e. The first kappa shape index (κ1) is 17.6. The number of carbonyl (C=O) groups is 1. The number of carbonyl (C=O) groups excluding carboxylic acids is 1. The van der Waals surface area contributed by atoms with Crippen LogP contribution in [0.25, 0.3) is 22.3 Å². The van der Waals surface area contributed by atoms with Gasteiger partial charge in [-0.1, -0.05) is 0 Å². The number of sulfone groups is 1. The lowest BCUT2D eigenvalue weighted by molar-refractivity contribution is -0.254. The van der Waals surface area contributed by atoms with Gasteiger partial charge in [-0.05, 0) is 43.7 Å². The van der Waals surface area contributed by atoms with Crippen LogP contribution in [0.4, 0.5) is 4.39 Å². The third kappa shape index (κ3) is 3.08. The minimum Gasteiger partial charge on any atom is -0.545 e. The van der Waals surface area contributed by atoms with Crippen LogP contribution < -0.4 is 5.11 Å². The average Bonchev–Trinajstić information content (AvgIpc) is 3.14. The molecule has 140 valence electrons. The molecule has 9 heteroatoms. The molecule has 1 atom stereocenters. The topological polar surface area (TPSA) is 105 Å². The third-order valence-electron chi connectivity index (χ3n) is 4.75. The van der Waals surface area contributed by atoms with Crippen LogP contribution >= 0.6 is 0 Å². The van der Waals surface area contributed by atoms with E-state index in [-0.39, 0.29) is 22.7 Å². The number of rotatable bonds is 3. The van der Waals surface area contributed by atoms with Crippen molar-refractivity contribution in [3.8, 4) is 11.3 Å². The molecule has 3 heterocycles. The lowest BCUT2D eigenvalue weighted by atomic mass is 10.1. The highest BCUT2D eigenvalue weighted by molar-refractivity contribution is 7.91. The Balaban J connectivity index is 1.96. The molecule has 0 N–H and O–H groups in total. The Labute approximate surface area is 154 Å². The lowest BCUT2D eigenvalue weighted by Crippen LogP contribution is -2.23. The third-order valence-corrected chi connectivity index (χ3v) is 6.50. The molecule has 1 aliphatic rings. The predicted molar refractivity (Wildman–Crippen MR) is 94.3 cm³/mol. The molecule has 0 amide bonds. The molecule has 0 unspecified atom stereocenters. The molecule has 0 radical (unpaired) electrons. The number of nitrogens with zero attached hydrogens (tertiary/aromatic N) is 3. The zero-order chi connectivity index (χ0) is 19.3. The van der Waals surface area contributed by atoms with Gasteiger partial charge in [0.15, 0.2) is 15.5 Å². The van der Waals surface area contributed by atoms with Crippen molar-refractivity contribution in [2.24, 2.45) is 0 Å². The quantitative estimate of drug-likeness (QED) is 0.669. The van der Waals surface area contributed by atoms with Gasteiger partial charge in [0, 0.05) is 11.1 Å². The molecule has 1 aromatic carbocycles. The average molecular weight is 388 g/mol. The van der Waals surface area contributed by atoms with Crippen molar-refractivity contribution in [1.29, 1.82) is 0 Å². The first-order valence-electron chi connectivity index (χ1n) is 8.33. The summed E-state index contributed by atoms with van der Waals surface area (Å²) in [5.41, 5.74) is 1.50. The normalized spacial score (nSPS) is 18.8. The highest BCUT2D eigenvalue weighted by Gasteiger charge is 2.32. The fourth-order valence-corrected chi connectivity index (χ4v) is 5.16. The summed E-state index contributed by atoms with van der Waals surface area (Å²) in [6, 6.07) is 6.47. The second-order valence-corrected chi connectivity index (χ2v) is 8.86. The number of fused-ring (bicyclic) bond motifs is 1. The van der Waals surface area contributed by atoms with Crippen LogP contribution in [0.15, 0.2) is 30.3 Å². The minimum absolute atomic E-state index is 0.0586. The Hall–Kier alpha value is -2.81. The van der Waals surface area contributed by atoms with E-state index < -0.39 is 27.7 Å². The highest BCUT2D eigenvalue weighted by atomic mass is 32.2. The number of hydrogen-bond acceptors (Lipinski definition) is 6. The van der Waals surface area contributed by atoms with Crippen molar-refractivity contribution in [2.75, 3.05) is 11.5 Å². The number of carboxylic acids is 1. The van der Waals surface area contributed by atoms with Gasteiger partial charge >= 0.3 is 0 Å². The van der Waals surface area contributed by atoms with Crippen molar-refractivity contribution in [2.45, 2.75) is 19.4 Å². The molecule has 0 spiro atoms. The van der Waals surface area contributed by atoms with Crippen LogP contribution in [0.2, 0.25) is 0 Å². The molecule has 1 saturated heterocycles. The van der Waals surface area contributed by atoms with Crippen LogP contribution in [0, 0.1) is 12.7 Å². The summed E-state index contributed by atoms with van der Waals surface area (Å²) in [6.07, 6.45) is 0.391. The summed E-state index contributed by atoms with van der Waals surface area (Å²) in [7, 11) is -3.16. The molecule has 27 heavy (non-hydrogen) atoms. The monoisotopic (exact) mass is 388 g/mol. The lowest BCUT2D eigenvalue weighted by Gasteiger charge is -2.12. The maximum Gasteiger partial charge on any atom is 0.159 e. The van der Waals surface area contributed by atoms with E-state index in [0.717, 1.165) is 0 Å². The predicted octanol–water partition coefficient (Wildman–Crippen LogP) is 1.27. The molecule has 2 aromatic heterocycles. The van der Waals surface area contributed by atoms with Crippen molar-refractivity contribution < 1.29 is 22.7 Å². The summed E-state index contributed by atoms with van der Waals surface area (Å²) in [5.74, 6) is -1.81. The van der Waals surface area contributed by atoms with E-state index in [1.54, 1.807) is 6.92 Å². The van der Waals surface area contributed by atoms with Crippen LogP contribution in [0.1, 0.15) is 28.5 Å². The number of pyridine rings is 1. The molecular formula is C18H15FN3O4S-. The van der Waals surface area contributed by atoms with E-state index >= 15 is 0 Å². The van der Waals surface area contributed by atoms with Gasteiger partial charge < -0.3 is 9.90 Å². The number of aromatic nitrogens is 3. The summed E-state index contributed by atoms with van der Waals surface area (Å²) in [4.78, 5) is 16.2. The van der Waals surface area contributed by atoms with Gasteiger partial charge in [0.1, 0.15) is 5.82 Å². The second kappa shape index (κ2) is 6.12. The summed E-state index contributed by atoms with van der Waals surface area (Å²) < 4.78 is 38.4. The van der Waals surface area contributed by atoms with Gasteiger partial charge in [-0.25, -0.2) is 22.5 Å². The minimum atomic E-state index is -3.16. The molecule has 3 aromatic rings. The number of aryl methyl sites for hydroxylation is 1. The van der Waals surface area contributed by atoms with E-state index in [1.165, 1.54) is 35.0 Å². The fourth-order valence-electron chi connectivity index (χ4n) is 3.47. The first-order chi connectivity index (χ1) is 12.7. The molecule has 7 nitrogen and oxygen atoms in total. The number of hydrogen-bond donors (Lipinski definition) is 0. The van der Waals surface area contributed by atoms with Crippen molar-refractivity contribution >= 4 is 26.8 Å². The molecule has 1 fully saturated rings. The smallest absolute Gasteiger partial charge is 0.159 e. The standard InChI is InChI=1S/C18H16FN3O4S/c1-10-16-14(18(23)24)8-15(11-2-4-12(19)5-3-11)20-17(16)22(21-10)13-6-7-27(25,26)9-13/h2-5,8,13H,6-7,9H2,1H3,(H,23,24)/p-1/t13-/m0/s1. The SMILES string of the molecule is Cc1nn([C@H]2CCS(=O)(=O)C2)c2nc(-c3ccc(F)cc3)cc(C(=O)[O-])c12. The Morgan fingerprint density at radius 1 is 1.30 bits per heavy atom.